The van der Waals surface area contributed by atoms with E-state index in [-0.39, 0.29) is 18.1 Å². The molecule has 0 unspecified atom stereocenters. The van der Waals surface area contributed by atoms with Crippen molar-refractivity contribution in [1.29, 1.82) is 0 Å². The summed E-state index contributed by atoms with van der Waals surface area (Å²) in [6, 6.07) is 15.0. The third-order valence-electron chi connectivity index (χ3n) is 4.46. The van der Waals surface area contributed by atoms with Gasteiger partial charge in [0.15, 0.2) is 0 Å². The molecule has 0 aliphatic carbocycles. The molecule has 25 heavy (non-hydrogen) atoms. The Morgan fingerprint density at radius 2 is 2.00 bits per heavy atom. The van der Waals surface area contributed by atoms with Gasteiger partial charge in [-0.25, -0.2) is 4.98 Å². The number of hydrogen-bond acceptors (Lipinski definition) is 4. The molecule has 5 heteroatoms. The molecule has 2 aromatic carbocycles. The van der Waals surface area contributed by atoms with Crippen molar-refractivity contribution < 1.29 is 14.3 Å². The quantitative estimate of drug-likeness (QED) is 0.799. The minimum Gasteiger partial charge on any atom is -0.508 e. The molecule has 0 radical (unpaired) electrons. The molecule has 2 heterocycles. The lowest BCUT2D eigenvalue weighted by molar-refractivity contribution is -0.131. The summed E-state index contributed by atoms with van der Waals surface area (Å²) < 4.78 is 5.50. The number of amides is 1. The molecule has 4 rings (SSSR count). The van der Waals surface area contributed by atoms with E-state index in [1.54, 1.807) is 23.3 Å². The smallest absolute Gasteiger partial charge is 0.229 e. The molecule has 3 aromatic rings. The van der Waals surface area contributed by atoms with Gasteiger partial charge in [0, 0.05) is 18.7 Å². The van der Waals surface area contributed by atoms with Crippen molar-refractivity contribution in [3.8, 4) is 17.2 Å². The van der Waals surface area contributed by atoms with Gasteiger partial charge in [-0.05, 0) is 41.8 Å². The Morgan fingerprint density at radius 1 is 1.16 bits per heavy atom. The van der Waals surface area contributed by atoms with Crippen LogP contribution in [0.2, 0.25) is 0 Å². The summed E-state index contributed by atoms with van der Waals surface area (Å²) in [5, 5.41) is 9.63. The summed E-state index contributed by atoms with van der Waals surface area (Å²) in [7, 11) is 0. The molecule has 0 spiro atoms. The van der Waals surface area contributed by atoms with Crippen LogP contribution in [0, 0.1) is 0 Å². The Labute approximate surface area is 145 Å². The molecular weight excluding hydrogens is 316 g/mol. The van der Waals surface area contributed by atoms with E-state index in [2.05, 4.69) is 4.98 Å². The second-order valence-corrected chi connectivity index (χ2v) is 6.21. The van der Waals surface area contributed by atoms with Gasteiger partial charge >= 0.3 is 0 Å². The van der Waals surface area contributed by atoms with Crippen LogP contribution in [0.3, 0.4) is 0 Å². The van der Waals surface area contributed by atoms with Gasteiger partial charge in [-0.1, -0.05) is 24.3 Å². The van der Waals surface area contributed by atoms with Gasteiger partial charge < -0.3 is 14.4 Å². The Hall–Kier alpha value is -3.08. The Bertz CT molecular complexity index is 902. The number of aromatic nitrogens is 1. The van der Waals surface area contributed by atoms with Crippen molar-refractivity contribution in [1.82, 2.24) is 9.88 Å². The van der Waals surface area contributed by atoms with Crippen LogP contribution in [0.15, 0.2) is 59.2 Å². The number of phenols is 1. The van der Waals surface area contributed by atoms with E-state index in [9.17, 15) is 9.90 Å². The summed E-state index contributed by atoms with van der Waals surface area (Å²) in [5.41, 5.74) is 3.72. The van der Waals surface area contributed by atoms with Crippen LogP contribution in [-0.2, 0) is 24.2 Å². The van der Waals surface area contributed by atoms with E-state index in [0.717, 1.165) is 17.5 Å². The van der Waals surface area contributed by atoms with Crippen LogP contribution in [-0.4, -0.2) is 27.4 Å². The minimum absolute atomic E-state index is 0.0157. The Kier molecular flexibility index (Phi) is 3.98. The normalized spacial score (nSPS) is 13.5. The lowest BCUT2D eigenvalue weighted by atomic mass is 9.99. The summed E-state index contributed by atoms with van der Waals surface area (Å²) in [6.45, 7) is 1.20. The number of carbonyl (C=O) groups is 1. The van der Waals surface area contributed by atoms with Crippen LogP contribution in [0.1, 0.15) is 16.8 Å². The number of phenolic OH excluding ortho intramolecular Hbond substituents is 1. The Morgan fingerprint density at radius 3 is 2.84 bits per heavy atom. The molecule has 1 aliphatic rings. The van der Waals surface area contributed by atoms with Crippen molar-refractivity contribution in [3.05, 3.63) is 71.6 Å². The maximum absolute atomic E-state index is 12.6. The van der Waals surface area contributed by atoms with Gasteiger partial charge in [0.1, 0.15) is 12.0 Å². The molecule has 1 aliphatic heterocycles. The lowest BCUT2D eigenvalue weighted by Gasteiger charge is -2.28. The molecule has 0 atom stereocenters. The third-order valence-corrected chi connectivity index (χ3v) is 4.46. The van der Waals surface area contributed by atoms with E-state index in [1.165, 1.54) is 5.56 Å². The van der Waals surface area contributed by atoms with E-state index in [4.69, 9.17) is 4.42 Å². The fraction of sp³-hybridized carbons (Fsp3) is 0.200. The highest BCUT2D eigenvalue weighted by atomic mass is 16.3. The first-order chi connectivity index (χ1) is 12.2. The maximum atomic E-state index is 12.6. The van der Waals surface area contributed by atoms with Gasteiger partial charge in [-0.3, -0.25) is 4.79 Å². The molecule has 0 fully saturated rings. The van der Waals surface area contributed by atoms with Crippen LogP contribution < -0.4 is 0 Å². The number of nitrogens with zero attached hydrogens (tertiary/aromatic N) is 2. The standard InChI is InChI=1S/C20H18N2O3/c23-18-7-6-14-8-9-22(12-16(14)10-18)19(24)11-17-13-25-20(21-17)15-4-2-1-3-5-15/h1-7,10,13,23H,8-9,11-12H2. The third kappa shape index (κ3) is 3.26. The first kappa shape index (κ1) is 15.4. The molecule has 0 saturated carbocycles. The average Bonchev–Trinajstić information content (AvgIpc) is 3.10. The van der Waals surface area contributed by atoms with Gasteiger partial charge in [-0.15, -0.1) is 0 Å². The fourth-order valence-electron chi connectivity index (χ4n) is 3.12. The second-order valence-electron chi connectivity index (χ2n) is 6.21. The zero-order valence-electron chi connectivity index (χ0n) is 13.7. The van der Waals surface area contributed by atoms with Gasteiger partial charge in [0.05, 0.1) is 12.1 Å². The first-order valence-corrected chi connectivity index (χ1v) is 8.27. The molecule has 5 nitrogen and oxygen atoms in total. The number of aromatic hydroxyl groups is 1. The average molecular weight is 334 g/mol. The van der Waals surface area contributed by atoms with Gasteiger partial charge in [0.2, 0.25) is 11.8 Å². The molecule has 126 valence electrons. The van der Waals surface area contributed by atoms with E-state index in [0.29, 0.717) is 24.7 Å². The molecule has 1 N–H and O–H groups in total. The minimum atomic E-state index is 0.0157. The maximum Gasteiger partial charge on any atom is 0.229 e. The van der Waals surface area contributed by atoms with Crippen molar-refractivity contribution in [2.75, 3.05) is 6.54 Å². The summed E-state index contributed by atoms with van der Waals surface area (Å²) in [4.78, 5) is 18.8. The van der Waals surface area contributed by atoms with Crippen molar-refractivity contribution in [2.24, 2.45) is 0 Å². The molecule has 1 aromatic heterocycles. The van der Waals surface area contributed by atoms with Crippen LogP contribution >= 0.6 is 0 Å². The van der Waals surface area contributed by atoms with E-state index >= 15 is 0 Å². The highest BCUT2D eigenvalue weighted by Crippen LogP contribution is 2.24. The highest BCUT2D eigenvalue weighted by molar-refractivity contribution is 5.78. The number of rotatable bonds is 3. The number of benzene rings is 2. The fourth-order valence-corrected chi connectivity index (χ4v) is 3.12. The summed E-state index contributed by atoms with van der Waals surface area (Å²) in [6.07, 6.45) is 2.56. The van der Waals surface area contributed by atoms with Gasteiger partial charge in [0.25, 0.3) is 0 Å². The number of fused-ring (bicyclic) bond motifs is 1. The zero-order chi connectivity index (χ0) is 17.2. The summed E-state index contributed by atoms with van der Waals surface area (Å²) in [5.74, 6) is 0.774. The SMILES string of the molecule is O=C(Cc1coc(-c2ccccc2)n1)N1CCc2ccc(O)cc2C1. The van der Waals surface area contributed by atoms with Crippen molar-refractivity contribution >= 4 is 5.91 Å². The van der Waals surface area contributed by atoms with Crippen molar-refractivity contribution in [3.63, 3.8) is 0 Å². The van der Waals surface area contributed by atoms with E-state index in [1.807, 2.05) is 36.4 Å². The predicted molar refractivity (Wildman–Crippen MR) is 92.9 cm³/mol. The number of hydrogen-bond donors (Lipinski definition) is 1. The van der Waals surface area contributed by atoms with E-state index < -0.39 is 0 Å². The molecular formula is C20H18N2O3. The molecule has 1 amide bonds. The number of carbonyl (C=O) groups excluding carboxylic acids is 1. The molecule has 0 bridgehead atoms. The number of oxazole rings is 1. The van der Waals surface area contributed by atoms with Gasteiger partial charge in [-0.2, -0.15) is 0 Å². The molecule has 0 saturated heterocycles. The van der Waals surface area contributed by atoms with Crippen molar-refractivity contribution in [2.45, 2.75) is 19.4 Å². The predicted octanol–water partition coefficient (Wildman–Crippen LogP) is 3.17. The lowest BCUT2D eigenvalue weighted by Crippen LogP contribution is -2.36. The highest BCUT2D eigenvalue weighted by Gasteiger charge is 2.22. The Balaban J connectivity index is 1.45. The summed E-state index contributed by atoms with van der Waals surface area (Å²) >= 11 is 0. The van der Waals surface area contributed by atoms with Crippen LogP contribution in [0.5, 0.6) is 5.75 Å². The largest absolute Gasteiger partial charge is 0.508 e. The monoisotopic (exact) mass is 334 g/mol. The van der Waals surface area contributed by atoms with Crippen LogP contribution in [0.4, 0.5) is 0 Å². The first-order valence-electron chi connectivity index (χ1n) is 8.27. The zero-order valence-corrected chi connectivity index (χ0v) is 13.7. The second kappa shape index (κ2) is 6.43. The topological polar surface area (TPSA) is 66.6 Å². The van der Waals surface area contributed by atoms with Crippen LogP contribution in [0.25, 0.3) is 11.5 Å².